The first-order chi connectivity index (χ1) is 9.90. The Bertz CT molecular complexity index is 339. The first kappa shape index (κ1) is 17.8. The number of nitrogens with one attached hydrogen (secondary N) is 1. The fourth-order valence-electron chi connectivity index (χ4n) is 2.65. The quantitative estimate of drug-likeness (QED) is 0.749. The van der Waals surface area contributed by atoms with Crippen LogP contribution < -0.4 is 5.32 Å². The number of carbonyl (C=O) groups is 2. The van der Waals surface area contributed by atoms with Crippen molar-refractivity contribution < 1.29 is 14.7 Å². The minimum absolute atomic E-state index is 0.00711. The molecule has 2 N–H and O–H groups in total. The number of likely N-dealkylation sites (tertiary alicyclic amines) is 1. The Morgan fingerprint density at radius 1 is 1.33 bits per heavy atom. The summed E-state index contributed by atoms with van der Waals surface area (Å²) in [5, 5.41) is 11.7. The number of carboxylic acids is 1. The van der Waals surface area contributed by atoms with Crippen LogP contribution in [0.3, 0.4) is 0 Å². The van der Waals surface area contributed by atoms with Gasteiger partial charge in [-0.3, -0.25) is 4.79 Å². The summed E-state index contributed by atoms with van der Waals surface area (Å²) in [5.74, 6) is -0.187. The number of rotatable bonds is 7. The molecule has 0 saturated carbocycles. The third-order valence-electron chi connectivity index (χ3n) is 4.12. The maximum Gasteiger partial charge on any atom is 0.317 e. The number of urea groups is 1. The highest BCUT2D eigenvalue weighted by atomic mass is 16.4. The summed E-state index contributed by atoms with van der Waals surface area (Å²) in [6.07, 6.45) is 3.38. The Labute approximate surface area is 127 Å². The van der Waals surface area contributed by atoms with Gasteiger partial charge in [0.1, 0.15) is 0 Å². The minimum atomic E-state index is -0.875. The second kappa shape index (κ2) is 8.87. The molecule has 1 aliphatic heterocycles. The molecule has 6 nitrogen and oxygen atoms in total. The molecule has 0 aromatic heterocycles. The van der Waals surface area contributed by atoms with E-state index in [1.807, 2.05) is 13.8 Å². The third-order valence-corrected chi connectivity index (χ3v) is 4.12. The molecule has 0 atom stereocenters. The van der Waals surface area contributed by atoms with E-state index < -0.39 is 5.97 Å². The molecule has 0 aromatic carbocycles. The lowest BCUT2D eigenvalue weighted by atomic mass is 9.94. The molecule has 2 amide bonds. The first-order valence-corrected chi connectivity index (χ1v) is 7.85. The van der Waals surface area contributed by atoms with Crippen molar-refractivity contribution in [2.45, 2.75) is 45.6 Å². The fraction of sp³-hybridized carbons (Fsp3) is 0.867. The maximum absolute atomic E-state index is 12.1. The lowest BCUT2D eigenvalue weighted by Gasteiger charge is -2.30. The van der Waals surface area contributed by atoms with Gasteiger partial charge >= 0.3 is 12.0 Å². The molecule has 0 aliphatic carbocycles. The van der Waals surface area contributed by atoms with Gasteiger partial charge in [-0.25, -0.2) is 4.79 Å². The average Bonchev–Trinajstić information content (AvgIpc) is 2.40. The predicted molar refractivity (Wildman–Crippen MR) is 82.3 cm³/mol. The van der Waals surface area contributed by atoms with Gasteiger partial charge in [0.2, 0.25) is 0 Å². The SMILES string of the molecule is CC(C)N(CCC(=O)O)C(=O)NCCC1CCN(C)CC1. The van der Waals surface area contributed by atoms with Crippen LogP contribution in [0.5, 0.6) is 0 Å². The number of piperidine rings is 1. The number of hydrogen-bond donors (Lipinski definition) is 2. The van der Waals surface area contributed by atoms with Crippen molar-refractivity contribution in [3.8, 4) is 0 Å². The van der Waals surface area contributed by atoms with Crippen LogP contribution in [0.25, 0.3) is 0 Å². The Morgan fingerprint density at radius 3 is 2.48 bits per heavy atom. The van der Waals surface area contributed by atoms with Crippen LogP contribution in [-0.2, 0) is 4.79 Å². The van der Waals surface area contributed by atoms with Crippen LogP contribution in [0.1, 0.15) is 39.5 Å². The molecular weight excluding hydrogens is 270 g/mol. The number of nitrogens with zero attached hydrogens (tertiary/aromatic N) is 2. The Hall–Kier alpha value is -1.30. The van der Waals surface area contributed by atoms with E-state index in [-0.39, 0.29) is 25.0 Å². The zero-order valence-corrected chi connectivity index (χ0v) is 13.5. The molecular formula is C15H29N3O3. The van der Waals surface area contributed by atoms with Crippen LogP contribution >= 0.6 is 0 Å². The van der Waals surface area contributed by atoms with Gasteiger partial charge in [-0.05, 0) is 59.2 Å². The van der Waals surface area contributed by atoms with Crippen LogP contribution in [0, 0.1) is 5.92 Å². The van der Waals surface area contributed by atoms with Gasteiger partial charge in [-0.2, -0.15) is 0 Å². The van der Waals surface area contributed by atoms with E-state index in [1.54, 1.807) is 4.90 Å². The van der Waals surface area contributed by atoms with Crippen molar-refractivity contribution in [2.75, 3.05) is 33.2 Å². The Kier molecular flexibility index (Phi) is 7.50. The van der Waals surface area contributed by atoms with E-state index in [0.717, 1.165) is 19.5 Å². The third kappa shape index (κ3) is 6.80. The number of amides is 2. The molecule has 1 fully saturated rings. The summed E-state index contributed by atoms with van der Waals surface area (Å²) >= 11 is 0. The standard InChI is InChI=1S/C15H29N3O3/c1-12(2)18(11-7-14(19)20)15(21)16-8-4-13-5-9-17(3)10-6-13/h12-13H,4-11H2,1-3H3,(H,16,21)(H,19,20). The molecule has 0 aromatic rings. The number of hydrogen-bond acceptors (Lipinski definition) is 3. The number of aliphatic carboxylic acids is 1. The fourth-order valence-corrected chi connectivity index (χ4v) is 2.65. The molecule has 1 heterocycles. The molecule has 1 aliphatic rings. The smallest absolute Gasteiger partial charge is 0.317 e. The van der Waals surface area contributed by atoms with E-state index in [0.29, 0.717) is 12.5 Å². The molecule has 0 radical (unpaired) electrons. The van der Waals surface area contributed by atoms with Crippen molar-refractivity contribution in [1.82, 2.24) is 15.1 Å². The van der Waals surface area contributed by atoms with Crippen LogP contribution in [0.4, 0.5) is 4.79 Å². The molecule has 6 heteroatoms. The van der Waals surface area contributed by atoms with Gasteiger partial charge in [0.25, 0.3) is 0 Å². The lowest BCUT2D eigenvalue weighted by Crippen LogP contribution is -2.45. The van der Waals surface area contributed by atoms with Gasteiger partial charge in [0, 0.05) is 19.1 Å². The highest BCUT2D eigenvalue weighted by Crippen LogP contribution is 2.18. The molecule has 21 heavy (non-hydrogen) atoms. The molecule has 0 spiro atoms. The second-order valence-electron chi connectivity index (χ2n) is 6.20. The summed E-state index contributed by atoms with van der Waals surface area (Å²) in [7, 11) is 2.14. The van der Waals surface area contributed by atoms with E-state index in [4.69, 9.17) is 5.11 Å². The number of carboxylic acid groups (broad SMARTS) is 1. The van der Waals surface area contributed by atoms with Crippen molar-refractivity contribution >= 4 is 12.0 Å². The van der Waals surface area contributed by atoms with E-state index in [2.05, 4.69) is 17.3 Å². The average molecular weight is 299 g/mol. The predicted octanol–water partition coefficient (Wildman–Crippen LogP) is 1.61. The normalized spacial score (nSPS) is 17.0. The van der Waals surface area contributed by atoms with Crippen molar-refractivity contribution in [1.29, 1.82) is 0 Å². The van der Waals surface area contributed by atoms with E-state index in [9.17, 15) is 9.59 Å². The largest absolute Gasteiger partial charge is 0.481 e. The summed E-state index contributed by atoms with van der Waals surface area (Å²) in [5.41, 5.74) is 0. The first-order valence-electron chi connectivity index (χ1n) is 7.85. The number of carbonyl (C=O) groups excluding carboxylic acids is 1. The molecule has 0 bridgehead atoms. The van der Waals surface area contributed by atoms with Gasteiger partial charge in [-0.15, -0.1) is 0 Å². The summed E-state index contributed by atoms with van der Waals surface area (Å²) in [4.78, 5) is 26.7. The zero-order valence-electron chi connectivity index (χ0n) is 13.5. The highest BCUT2D eigenvalue weighted by Gasteiger charge is 2.19. The van der Waals surface area contributed by atoms with E-state index >= 15 is 0 Å². The lowest BCUT2D eigenvalue weighted by molar-refractivity contribution is -0.137. The highest BCUT2D eigenvalue weighted by molar-refractivity contribution is 5.75. The van der Waals surface area contributed by atoms with Gasteiger partial charge in [-0.1, -0.05) is 0 Å². The molecule has 1 rings (SSSR count). The van der Waals surface area contributed by atoms with Crippen molar-refractivity contribution in [2.24, 2.45) is 5.92 Å². The second-order valence-corrected chi connectivity index (χ2v) is 6.20. The molecule has 0 unspecified atom stereocenters. The Balaban J connectivity index is 2.28. The van der Waals surface area contributed by atoms with Crippen molar-refractivity contribution in [3.05, 3.63) is 0 Å². The minimum Gasteiger partial charge on any atom is -0.481 e. The summed E-state index contributed by atoms with van der Waals surface area (Å²) in [6.45, 7) is 7.00. The van der Waals surface area contributed by atoms with Crippen molar-refractivity contribution in [3.63, 3.8) is 0 Å². The van der Waals surface area contributed by atoms with Crippen LogP contribution in [0.2, 0.25) is 0 Å². The zero-order chi connectivity index (χ0) is 15.8. The molecule has 1 saturated heterocycles. The summed E-state index contributed by atoms with van der Waals surface area (Å²) < 4.78 is 0. The topological polar surface area (TPSA) is 72.9 Å². The summed E-state index contributed by atoms with van der Waals surface area (Å²) in [6, 6.07) is -0.146. The maximum atomic E-state index is 12.1. The van der Waals surface area contributed by atoms with Crippen LogP contribution in [-0.4, -0.2) is 66.2 Å². The van der Waals surface area contributed by atoms with Crippen LogP contribution in [0.15, 0.2) is 0 Å². The van der Waals surface area contributed by atoms with E-state index in [1.165, 1.54) is 12.8 Å². The molecule has 122 valence electrons. The Morgan fingerprint density at radius 2 is 1.95 bits per heavy atom. The monoisotopic (exact) mass is 299 g/mol. The van der Waals surface area contributed by atoms with Gasteiger partial charge in [0.05, 0.1) is 6.42 Å². The van der Waals surface area contributed by atoms with Gasteiger partial charge < -0.3 is 20.2 Å². The van der Waals surface area contributed by atoms with Gasteiger partial charge in [0.15, 0.2) is 0 Å².